The summed E-state index contributed by atoms with van der Waals surface area (Å²) in [5.74, 6) is 0.249. The maximum absolute atomic E-state index is 12.9. The molecule has 0 saturated heterocycles. The second-order valence-electron chi connectivity index (χ2n) is 7.35. The number of carbonyl (C=O) groups excluding carboxylic acids is 2. The summed E-state index contributed by atoms with van der Waals surface area (Å²) in [5, 5.41) is 8.85. The van der Waals surface area contributed by atoms with E-state index >= 15 is 0 Å². The van der Waals surface area contributed by atoms with Gasteiger partial charge in [-0.25, -0.2) is 4.98 Å². The van der Waals surface area contributed by atoms with Crippen molar-refractivity contribution < 1.29 is 18.4 Å². The molecule has 33 heavy (non-hydrogen) atoms. The van der Waals surface area contributed by atoms with Crippen molar-refractivity contribution in [1.82, 2.24) is 10.3 Å². The average molecular weight is 458 g/mol. The minimum absolute atomic E-state index is 0.0662. The zero-order valence-corrected chi connectivity index (χ0v) is 18.2. The van der Waals surface area contributed by atoms with Gasteiger partial charge in [0.05, 0.1) is 18.4 Å². The third kappa shape index (κ3) is 4.70. The van der Waals surface area contributed by atoms with Gasteiger partial charge in [0.2, 0.25) is 5.91 Å². The number of amides is 2. The lowest BCUT2D eigenvalue weighted by molar-refractivity contribution is -0.121. The number of fused-ring (bicyclic) bond motifs is 1. The number of para-hydroxylation sites is 1. The van der Waals surface area contributed by atoms with Crippen LogP contribution in [0.3, 0.4) is 0 Å². The summed E-state index contributed by atoms with van der Waals surface area (Å²) < 4.78 is 11.1. The first kappa shape index (κ1) is 20.7. The monoisotopic (exact) mass is 457 g/mol. The van der Waals surface area contributed by atoms with Gasteiger partial charge in [-0.15, -0.1) is 11.3 Å². The van der Waals surface area contributed by atoms with E-state index in [9.17, 15) is 9.59 Å². The molecule has 0 bridgehead atoms. The number of nitrogens with one attached hydrogen (secondary N) is 2. The first-order chi connectivity index (χ1) is 16.2. The molecule has 0 aliphatic carbocycles. The highest BCUT2D eigenvalue weighted by molar-refractivity contribution is 7.14. The number of carbonyl (C=O) groups is 2. The third-order valence-corrected chi connectivity index (χ3v) is 5.83. The molecular formula is C25H19N3O4S. The summed E-state index contributed by atoms with van der Waals surface area (Å²) in [7, 11) is 0. The molecule has 0 radical (unpaired) electrons. The van der Waals surface area contributed by atoms with Crippen molar-refractivity contribution in [3.8, 4) is 0 Å². The van der Waals surface area contributed by atoms with E-state index in [0.29, 0.717) is 16.6 Å². The summed E-state index contributed by atoms with van der Waals surface area (Å²) in [5.41, 5.74) is 2.23. The van der Waals surface area contributed by atoms with E-state index in [1.54, 1.807) is 17.5 Å². The standard InChI is InChI=1S/C25H19N3O4S/c29-22(14-18-15-33-25(26-18)28-24(30)20-11-6-12-31-20)27-23(16-7-2-1-3-8-16)21-13-17-9-4-5-10-19(17)32-21/h1-13,15,23H,14H2,(H,27,29)(H,26,28,30). The molecule has 164 valence electrons. The van der Waals surface area contributed by atoms with Gasteiger partial charge in [0.1, 0.15) is 17.4 Å². The molecule has 2 N–H and O–H groups in total. The Morgan fingerprint density at radius 3 is 2.61 bits per heavy atom. The van der Waals surface area contributed by atoms with Crippen molar-refractivity contribution in [2.45, 2.75) is 12.5 Å². The van der Waals surface area contributed by atoms with Crippen LogP contribution < -0.4 is 10.6 Å². The molecule has 0 saturated carbocycles. The first-order valence-corrected chi connectivity index (χ1v) is 11.2. The Morgan fingerprint density at radius 1 is 1.00 bits per heavy atom. The topological polar surface area (TPSA) is 97.4 Å². The maximum atomic E-state index is 12.9. The molecule has 5 aromatic rings. The molecule has 0 aliphatic heterocycles. The lowest BCUT2D eigenvalue weighted by Gasteiger charge is -2.17. The number of thiazole rings is 1. The summed E-state index contributed by atoms with van der Waals surface area (Å²) in [6.07, 6.45) is 1.49. The van der Waals surface area contributed by atoms with E-state index in [-0.39, 0.29) is 24.0 Å². The third-order valence-electron chi connectivity index (χ3n) is 5.03. The normalized spacial score (nSPS) is 11.9. The van der Waals surface area contributed by atoms with Crippen molar-refractivity contribution in [2.75, 3.05) is 5.32 Å². The maximum Gasteiger partial charge on any atom is 0.293 e. The van der Waals surface area contributed by atoms with Crippen LogP contribution in [0.2, 0.25) is 0 Å². The van der Waals surface area contributed by atoms with Crippen LogP contribution in [0.5, 0.6) is 0 Å². The predicted octanol–water partition coefficient (Wildman–Crippen LogP) is 5.18. The molecule has 0 aliphatic rings. The Labute approximate surface area is 193 Å². The Balaban J connectivity index is 1.31. The molecule has 0 fully saturated rings. The summed E-state index contributed by atoms with van der Waals surface area (Å²) in [4.78, 5) is 29.4. The van der Waals surface area contributed by atoms with Gasteiger partial charge in [-0.05, 0) is 29.8 Å². The number of rotatable bonds is 7. The second kappa shape index (κ2) is 9.13. The highest BCUT2D eigenvalue weighted by Crippen LogP contribution is 2.28. The Bertz CT molecular complexity index is 1360. The molecule has 1 unspecified atom stereocenters. The van der Waals surface area contributed by atoms with Gasteiger partial charge in [-0.1, -0.05) is 48.5 Å². The Kier molecular flexibility index (Phi) is 5.73. The average Bonchev–Trinajstić information content (AvgIpc) is 3.59. The number of anilines is 1. The second-order valence-corrected chi connectivity index (χ2v) is 8.21. The molecule has 3 heterocycles. The highest BCUT2D eigenvalue weighted by Gasteiger charge is 2.22. The largest absolute Gasteiger partial charge is 0.459 e. The summed E-state index contributed by atoms with van der Waals surface area (Å²) in [6, 6.07) is 22.1. The van der Waals surface area contributed by atoms with Crippen LogP contribution in [-0.4, -0.2) is 16.8 Å². The number of hydrogen-bond acceptors (Lipinski definition) is 6. The first-order valence-electron chi connectivity index (χ1n) is 10.3. The van der Waals surface area contributed by atoms with E-state index < -0.39 is 6.04 Å². The van der Waals surface area contributed by atoms with Crippen molar-refractivity contribution in [2.24, 2.45) is 0 Å². The smallest absolute Gasteiger partial charge is 0.293 e. The summed E-state index contributed by atoms with van der Waals surface area (Å²) in [6.45, 7) is 0. The van der Waals surface area contributed by atoms with Crippen LogP contribution in [0.4, 0.5) is 5.13 Å². The van der Waals surface area contributed by atoms with E-state index in [2.05, 4.69) is 15.6 Å². The zero-order chi connectivity index (χ0) is 22.6. The molecule has 7 nitrogen and oxygen atoms in total. The van der Waals surface area contributed by atoms with Crippen molar-refractivity contribution in [3.63, 3.8) is 0 Å². The lowest BCUT2D eigenvalue weighted by Crippen LogP contribution is -2.30. The van der Waals surface area contributed by atoms with E-state index in [4.69, 9.17) is 8.83 Å². The molecule has 8 heteroatoms. The minimum atomic E-state index is -0.442. The van der Waals surface area contributed by atoms with E-state index in [1.165, 1.54) is 17.6 Å². The zero-order valence-electron chi connectivity index (χ0n) is 17.4. The quantitative estimate of drug-likeness (QED) is 0.351. The SMILES string of the molecule is O=C(Cc1csc(NC(=O)c2ccco2)n1)NC(c1ccccc1)c1cc2ccccc2o1. The Morgan fingerprint density at radius 2 is 1.82 bits per heavy atom. The van der Waals surface area contributed by atoms with Crippen LogP contribution in [0.1, 0.15) is 33.6 Å². The van der Waals surface area contributed by atoms with Crippen molar-refractivity contribution >= 4 is 39.3 Å². The number of benzene rings is 2. The fraction of sp³-hybridized carbons (Fsp3) is 0.0800. The van der Waals surface area contributed by atoms with Crippen LogP contribution >= 0.6 is 11.3 Å². The van der Waals surface area contributed by atoms with Gasteiger partial charge in [0.15, 0.2) is 10.9 Å². The molecule has 2 aromatic carbocycles. The molecule has 3 aromatic heterocycles. The fourth-order valence-electron chi connectivity index (χ4n) is 3.50. The molecule has 1 atom stereocenters. The van der Waals surface area contributed by atoms with Crippen LogP contribution in [0.15, 0.2) is 93.3 Å². The van der Waals surface area contributed by atoms with Gasteiger partial charge in [0, 0.05) is 10.8 Å². The summed E-state index contributed by atoms with van der Waals surface area (Å²) >= 11 is 1.25. The van der Waals surface area contributed by atoms with Gasteiger partial charge in [0.25, 0.3) is 5.91 Å². The number of aromatic nitrogens is 1. The predicted molar refractivity (Wildman–Crippen MR) is 125 cm³/mol. The van der Waals surface area contributed by atoms with E-state index in [0.717, 1.165) is 16.5 Å². The van der Waals surface area contributed by atoms with Crippen LogP contribution in [0.25, 0.3) is 11.0 Å². The Hall–Kier alpha value is -4.17. The number of hydrogen-bond donors (Lipinski definition) is 2. The lowest BCUT2D eigenvalue weighted by atomic mass is 10.0. The molecular weight excluding hydrogens is 438 g/mol. The highest BCUT2D eigenvalue weighted by atomic mass is 32.1. The number of nitrogens with zero attached hydrogens (tertiary/aromatic N) is 1. The van der Waals surface area contributed by atoms with Gasteiger partial charge >= 0.3 is 0 Å². The van der Waals surface area contributed by atoms with Crippen LogP contribution in [-0.2, 0) is 11.2 Å². The molecule has 5 rings (SSSR count). The van der Waals surface area contributed by atoms with Crippen LogP contribution in [0, 0.1) is 0 Å². The van der Waals surface area contributed by atoms with Gasteiger partial charge in [-0.3, -0.25) is 14.9 Å². The minimum Gasteiger partial charge on any atom is -0.459 e. The van der Waals surface area contributed by atoms with Crippen molar-refractivity contribution in [1.29, 1.82) is 0 Å². The fourth-order valence-corrected chi connectivity index (χ4v) is 4.20. The van der Waals surface area contributed by atoms with Crippen molar-refractivity contribution in [3.05, 3.63) is 107 Å². The van der Waals surface area contributed by atoms with Gasteiger partial charge < -0.3 is 14.2 Å². The molecule has 2 amide bonds. The van der Waals surface area contributed by atoms with E-state index in [1.807, 2.05) is 60.7 Å². The molecule has 0 spiro atoms. The van der Waals surface area contributed by atoms with Gasteiger partial charge in [-0.2, -0.15) is 0 Å². The number of furan rings is 2.